The maximum Gasteiger partial charge on any atom is 0.320 e. The van der Waals surface area contributed by atoms with Crippen LogP contribution >= 0.6 is 0 Å². The molecule has 0 fully saturated rings. The minimum atomic E-state index is -3.17. The van der Waals surface area contributed by atoms with Crippen LogP contribution in [0.4, 0.5) is 0 Å². The molecule has 0 aromatic carbocycles. The fourth-order valence-electron chi connectivity index (χ4n) is 0.650. The first-order valence-corrected chi connectivity index (χ1v) is 5.69. The molecule has 13 heavy (non-hydrogen) atoms. The molecule has 0 bridgehead atoms. The van der Waals surface area contributed by atoms with Crippen LogP contribution in [0, 0.1) is 0 Å². The van der Waals surface area contributed by atoms with Crippen LogP contribution in [0.1, 0.15) is 20.3 Å². The van der Waals surface area contributed by atoms with E-state index >= 15 is 0 Å². The van der Waals surface area contributed by atoms with Gasteiger partial charge in [0.25, 0.3) is 0 Å². The lowest BCUT2D eigenvalue weighted by Gasteiger charge is -2.09. The topological polar surface area (TPSA) is 97.5 Å². The number of aliphatic carboxylic acids is 1. The molecule has 6 heteroatoms. The molecule has 0 radical (unpaired) electrons. The van der Waals surface area contributed by atoms with Crippen LogP contribution in [-0.2, 0) is 14.6 Å². The van der Waals surface area contributed by atoms with Crippen LogP contribution in [0.3, 0.4) is 0 Å². The SMILES string of the molecule is CC(C)S(=O)(=O)CC[C@H](N)C(=O)O. The lowest BCUT2D eigenvalue weighted by Crippen LogP contribution is -2.33. The Bertz CT molecular complexity index is 270. The van der Waals surface area contributed by atoms with Crippen molar-refractivity contribution in [3.05, 3.63) is 0 Å². The van der Waals surface area contributed by atoms with Gasteiger partial charge in [-0.25, -0.2) is 8.42 Å². The largest absolute Gasteiger partial charge is 0.480 e. The molecule has 0 aliphatic rings. The van der Waals surface area contributed by atoms with Crippen LogP contribution in [0.25, 0.3) is 0 Å². The fraction of sp³-hybridized carbons (Fsp3) is 0.857. The lowest BCUT2D eigenvalue weighted by molar-refractivity contribution is -0.138. The molecular formula is C7H15NO4S. The van der Waals surface area contributed by atoms with Crippen LogP contribution in [-0.4, -0.2) is 36.5 Å². The summed E-state index contributed by atoms with van der Waals surface area (Å²) in [5.41, 5.74) is 5.16. The lowest BCUT2D eigenvalue weighted by atomic mass is 10.2. The molecule has 0 aliphatic heterocycles. The molecule has 0 aromatic rings. The Hall–Kier alpha value is -0.620. The Balaban J connectivity index is 4.11. The molecule has 0 spiro atoms. The minimum Gasteiger partial charge on any atom is -0.480 e. The van der Waals surface area contributed by atoms with Crippen molar-refractivity contribution in [2.75, 3.05) is 5.75 Å². The van der Waals surface area contributed by atoms with E-state index in [1.807, 2.05) is 0 Å². The zero-order valence-electron chi connectivity index (χ0n) is 7.73. The van der Waals surface area contributed by atoms with E-state index in [1.54, 1.807) is 13.8 Å². The molecule has 0 unspecified atom stereocenters. The van der Waals surface area contributed by atoms with Gasteiger partial charge >= 0.3 is 5.97 Å². The van der Waals surface area contributed by atoms with Crippen molar-refractivity contribution in [2.24, 2.45) is 5.73 Å². The average Bonchev–Trinajstić information content (AvgIpc) is 1.99. The molecule has 0 amide bonds. The van der Waals surface area contributed by atoms with Crippen molar-refractivity contribution in [3.8, 4) is 0 Å². The van der Waals surface area contributed by atoms with E-state index in [-0.39, 0.29) is 12.2 Å². The third-order valence-corrected chi connectivity index (χ3v) is 3.99. The smallest absolute Gasteiger partial charge is 0.320 e. The molecule has 3 N–H and O–H groups in total. The Morgan fingerprint density at radius 3 is 2.23 bits per heavy atom. The molecule has 78 valence electrons. The summed E-state index contributed by atoms with van der Waals surface area (Å²) in [7, 11) is -3.17. The second-order valence-corrected chi connectivity index (χ2v) is 5.83. The summed E-state index contributed by atoms with van der Waals surface area (Å²) in [5, 5.41) is 7.92. The standard InChI is InChI=1S/C7H15NO4S/c1-5(2)13(11,12)4-3-6(8)7(9)10/h5-6H,3-4,8H2,1-2H3,(H,9,10)/t6-/m0/s1. The van der Waals surface area contributed by atoms with E-state index in [9.17, 15) is 13.2 Å². The third kappa shape index (κ3) is 4.23. The van der Waals surface area contributed by atoms with Gasteiger partial charge in [-0.1, -0.05) is 0 Å². The highest BCUT2D eigenvalue weighted by Crippen LogP contribution is 2.03. The number of nitrogens with two attached hydrogens (primary N) is 1. The number of carbonyl (C=O) groups is 1. The molecule has 0 aliphatic carbocycles. The average molecular weight is 209 g/mol. The molecule has 0 heterocycles. The quantitative estimate of drug-likeness (QED) is 0.642. The monoisotopic (exact) mass is 209 g/mol. The molecule has 0 rings (SSSR count). The third-order valence-electron chi connectivity index (χ3n) is 1.75. The highest BCUT2D eigenvalue weighted by atomic mass is 32.2. The van der Waals surface area contributed by atoms with Gasteiger partial charge in [-0.3, -0.25) is 4.79 Å². The predicted molar refractivity (Wildman–Crippen MR) is 49.2 cm³/mol. The molecule has 0 saturated carbocycles. The molecule has 0 aromatic heterocycles. The van der Waals surface area contributed by atoms with Crippen LogP contribution in [0.2, 0.25) is 0 Å². The van der Waals surface area contributed by atoms with Gasteiger partial charge in [-0.2, -0.15) is 0 Å². The number of sulfone groups is 1. The van der Waals surface area contributed by atoms with Gasteiger partial charge in [-0.05, 0) is 20.3 Å². The normalized spacial score (nSPS) is 14.5. The first-order valence-electron chi connectivity index (χ1n) is 3.97. The summed E-state index contributed by atoms with van der Waals surface area (Å²) in [6.45, 7) is 3.11. The predicted octanol–water partition coefficient (Wildman–Crippen LogP) is -0.388. The van der Waals surface area contributed by atoms with Crippen molar-refractivity contribution in [1.82, 2.24) is 0 Å². The number of carboxylic acids is 1. The summed E-state index contributed by atoms with van der Waals surface area (Å²) in [4.78, 5) is 10.3. The number of rotatable bonds is 5. The van der Waals surface area contributed by atoms with Gasteiger partial charge in [0, 0.05) is 0 Å². The first kappa shape index (κ1) is 12.4. The highest BCUT2D eigenvalue weighted by molar-refractivity contribution is 7.91. The van der Waals surface area contributed by atoms with Crippen LogP contribution < -0.4 is 5.73 Å². The summed E-state index contributed by atoms with van der Waals surface area (Å²) >= 11 is 0. The Morgan fingerprint density at radius 1 is 1.46 bits per heavy atom. The van der Waals surface area contributed by atoms with E-state index < -0.39 is 27.1 Å². The van der Waals surface area contributed by atoms with Crippen molar-refractivity contribution in [3.63, 3.8) is 0 Å². The Morgan fingerprint density at radius 2 is 1.92 bits per heavy atom. The highest BCUT2D eigenvalue weighted by Gasteiger charge is 2.20. The van der Waals surface area contributed by atoms with E-state index in [0.717, 1.165) is 0 Å². The van der Waals surface area contributed by atoms with E-state index in [4.69, 9.17) is 10.8 Å². The van der Waals surface area contributed by atoms with Gasteiger partial charge in [0.05, 0.1) is 11.0 Å². The summed E-state index contributed by atoms with van der Waals surface area (Å²) in [5.74, 6) is -1.34. The number of hydrogen-bond acceptors (Lipinski definition) is 4. The second kappa shape index (κ2) is 4.57. The molecular weight excluding hydrogens is 194 g/mol. The van der Waals surface area contributed by atoms with E-state index in [0.29, 0.717) is 0 Å². The summed E-state index contributed by atoms with van der Waals surface area (Å²) in [6.07, 6.45) is -0.0319. The maximum atomic E-state index is 11.2. The van der Waals surface area contributed by atoms with E-state index in [2.05, 4.69) is 0 Å². The molecule has 0 saturated heterocycles. The second-order valence-electron chi connectivity index (χ2n) is 3.15. The maximum absolute atomic E-state index is 11.2. The first-order chi connectivity index (χ1) is 5.77. The van der Waals surface area contributed by atoms with Crippen LogP contribution in [0.5, 0.6) is 0 Å². The molecule has 1 atom stereocenters. The van der Waals surface area contributed by atoms with Crippen molar-refractivity contribution in [1.29, 1.82) is 0 Å². The van der Waals surface area contributed by atoms with Crippen molar-refractivity contribution >= 4 is 15.8 Å². The minimum absolute atomic E-state index is 0.0319. The van der Waals surface area contributed by atoms with Gasteiger partial charge < -0.3 is 10.8 Å². The zero-order valence-corrected chi connectivity index (χ0v) is 8.54. The summed E-state index contributed by atoms with van der Waals surface area (Å²) < 4.78 is 22.4. The van der Waals surface area contributed by atoms with Gasteiger partial charge in [-0.15, -0.1) is 0 Å². The summed E-state index contributed by atoms with van der Waals surface area (Å²) in [6, 6.07) is -1.09. The molecule has 5 nitrogen and oxygen atoms in total. The van der Waals surface area contributed by atoms with Gasteiger partial charge in [0.15, 0.2) is 9.84 Å². The fourth-order valence-corrected chi connectivity index (χ4v) is 1.70. The van der Waals surface area contributed by atoms with Crippen LogP contribution in [0.15, 0.2) is 0 Å². The van der Waals surface area contributed by atoms with Gasteiger partial charge in [0.2, 0.25) is 0 Å². The Kier molecular flexibility index (Phi) is 4.35. The van der Waals surface area contributed by atoms with E-state index in [1.165, 1.54) is 0 Å². The van der Waals surface area contributed by atoms with Crippen molar-refractivity contribution in [2.45, 2.75) is 31.6 Å². The van der Waals surface area contributed by atoms with Crippen molar-refractivity contribution < 1.29 is 18.3 Å². The Labute approximate surface area is 77.8 Å². The zero-order chi connectivity index (χ0) is 10.6. The number of hydrogen-bond donors (Lipinski definition) is 2. The van der Waals surface area contributed by atoms with Gasteiger partial charge in [0.1, 0.15) is 6.04 Å². The number of carboxylic acid groups (broad SMARTS) is 1.